The van der Waals surface area contributed by atoms with Gasteiger partial charge in [0.05, 0.1) is 12.0 Å². The maximum absolute atomic E-state index is 12.3. The third-order valence-electron chi connectivity index (χ3n) is 2.63. The summed E-state index contributed by atoms with van der Waals surface area (Å²) in [5, 5.41) is 10.9. The van der Waals surface area contributed by atoms with E-state index in [9.17, 15) is 41.3 Å². The zero-order chi connectivity index (χ0) is 18.9. The number of nitro groups is 1. The quantitative estimate of drug-likeness (QED) is 0.239. The summed E-state index contributed by atoms with van der Waals surface area (Å²) in [6, 6.07) is 0.520. The van der Waals surface area contributed by atoms with Crippen LogP contribution < -0.4 is 9.74 Å². The molecule has 1 heterocycles. The number of ether oxygens (including phenoxy) is 1. The Kier molecular flexibility index (Phi) is 5.23. The number of pyridine rings is 1. The van der Waals surface area contributed by atoms with Gasteiger partial charge in [0.25, 0.3) is 0 Å². The van der Waals surface area contributed by atoms with Crippen molar-refractivity contribution in [2.24, 2.45) is 0 Å². The second-order valence-electron chi connectivity index (χ2n) is 4.21. The number of esters is 1. The van der Waals surface area contributed by atoms with Crippen molar-refractivity contribution in [1.82, 2.24) is 4.57 Å². The highest BCUT2D eigenvalue weighted by molar-refractivity contribution is 7.88. The van der Waals surface area contributed by atoms with Gasteiger partial charge in [-0.25, -0.2) is 0 Å². The van der Waals surface area contributed by atoms with Gasteiger partial charge in [0.15, 0.2) is 0 Å². The van der Waals surface area contributed by atoms with Crippen molar-refractivity contribution in [2.75, 3.05) is 7.11 Å². The number of hydrogen-bond acceptors (Lipinski definition) is 8. The minimum Gasteiger partial charge on any atom is -0.468 e. The zero-order valence-corrected chi connectivity index (χ0v) is 12.8. The van der Waals surface area contributed by atoms with Gasteiger partial charge in [0, 0.05) is 11.8 Å². The fraction of sp³-hybridized carbons (Fsp3) is 0.400. The number of hydrogen-bond donors (Lipinski definition) is 0. The van der Waals surface area contributed by atoms with Crippen LogP contribution in [0.3, 0.4) is 0 Å². The Balaban J connectivity index is 3.57. The molecule has 0 radical (unpaired) electrons. The molecule has 1 rings (SSSR count). The highest BCUT2D eigenvalue weighted by Gasteiger charge is 2.49. The van der Waals surface area contributed by atoms with Crippen molar-refractivity contribution < 1.29 is 40.2 Å². The fourth-order valence-electron chi connectivity index (χ4n) is 1.52. The molecule has 0 aromatic carbocycles. The summed E-state index contributed by atoms with van der Waals surface area (Å²) in [6.45, 7) is 0.329. The van der Waals surface area contributed by atoms with Crippen molar-refractivity contribution in [1.29, 1.82) is 0 Å². The zero-order valence-electron chi connectivity index (χ0n) is 12.0. The average molecular weight is 374 g/mol. The molecule has 0 amide bonds. The second kappa shape index (κ2) is 6.46. The third-order valence-corrected chi connectivity index (χ3v) is 3.59. The maximum Gasteiger partial charge on any atom is 0.534 e. The molecular weight excluding hydrogens is 365 g/mol. The van der Waals surface area contributed by atoms with Crippen LogP contribution in [-0.4, -0.2) is 36.5 Å². The second-order valence-corrected chi connectivity index (χ2v) is 5.74. The summed E-state index contributed by atoms with van der Waals surface area (Å²) in [5.74, 6) is -2.38. The van der Waals surface area contributed by atoms with E-state index >= 15 is 0 Å². The van der Waals surface area contributed by atoms with E-state index in [1.165, 1.54) is 0 Å². The molecule has 0 bridgehead atoms. The maximum atomic E-state index is 12.3. The lowest BCUT2D eigenvalue weighted by Gasteiger charge is -2.13. The molecule has 0 aliphatic heterocycles. The van der Waals surface area contributed by atoms with Gasteiger partial charge >= 0.3 is 32.8 Å². The van der Waals surface area contributed by atoms with Crippen LogP contribution in [0.25, 0.3) is 0 Å². The molecule has 1 aromatic heterocycles. The van der Waals surface area contributed by atoms with Crippen molar-refractivity contribution >= 4 is 21.8 Å². The molecule has 0 aliphatic rings. The molecular formula is C10H9F3N2O8S. The predicted molar refractivity (Wildman–Crippen MR) is 69.7 cm³/mol. The van der Waals surface area contributed by atoms with Gasteiger partial charge in [-0.3, -0.25) is 24.3 Å². The van der Waals surface area contributed by atoms with E-state index in [1.54, 1.807) is 0 Å². The molecule has 0 saturated carbocycles. The Morgan fingerprint density at radius 2 is 1.96 bits per heavy atom. The molecule has 0 unspecified atom stereocenters. The lowest BCUT2D eigenvalue weighted by Crippen LogP contribution is -2.32. The summed E-state index contributed by atoms with van der Waals surface area (Å²) in [4.78, 5) is 32.7. The number of carbonyl (C=O) groups is 1. The minimum atomic E-state index is -6.23. The van der Waals surface area contributed by atoms with Crippen molar-refractivity contribution in [3.8, 4) is 5.75 Å². The van der Waals surface area contributed by atoms with Crippen LogP contribution in [0, 0.1) is 17.0 Å². The monoisotopic (exact) mass is 374 g/mol. The van der Waals surface area contributed by atoms with Crippen LogP contribution >= 0.6 is 0 Å². The van der Waals surface area contributed by atoms with Gasteiger partial charge < -0.3 is 8.92 Å². The lowest BCUT2D eigenvalue weighted by atomic mass is 10.3. The van der Waals surface area contributed by atoms with Gasteiger partial charge in [-0.1, -0.05) is 0 Å². The molecule has 0 atom stereocenters. The van der Waals surface area contributed by atoms with Crippen LogP contribution in [0.1, 0.15) is 5.69 Å². The molecule has 24 heavy (non-hydrogen) atoms. The van der Waals surface area contributed by atoms with Gasteiger partial charge in [0.2, 0.25) is 5.75 Å². The Morgan fingerprint density at radius 3 is 2.38 bits per heavy atom. The highest BCUT2D eigenvalue weighted by atomic mass is 32.2. The molecule has 134 valence electrons. The molecule has 0 spiro atoms. The molecule has 10 nitrogen and oxygen atoms in total. The van der Waals surface area contributed by atoms with E-state index in [0.29, 0.717) is 10.6 Å². The van der Waals surface area contributed by atoms with Crippen LogP contribution in [0.2, 0.25) is 0 Å². The van der Waals surface area contributed by atoms with Crippen LogP contribution in [-0.2, 0) is 26.2 Å². The van der Waals surface area contributed by atoms with Gasteiger partial charge in [-0.2, -0.15) is 21.6 Å². The molecule has 0 fully saturated rings. The minimum absolute atomic E-state index is 0.261. The number of methoxy groups -OCH3 is 1. The number of aryl methyl sites for hydroxylation is 1. The number of nitrogens with zero attached hydrogens (tertiary/aromatic N) is 2. The summed E-state index contributed by atoms with van der Waals surface area (Å²) in [7, 11) is -5.25. The number of rotatable bonds is 5. The summed E-state index contributed by atoms with van der Waals surface area (Å²) in [5.41, 5.74) is -9.21. The molecule has 0 saturated heterocycles. The van der Waals surface area contributed by atoms with E-state index in [-0.39, 0.29) is 5.69 Å². The molecule has 0 aliphatic carbocycles. The number of aromatic nitrogens is 1. The average Bonchev–Trinajstić information content (AvgIpc) is 2.40. The molecule has 1 aromatic rings. The topological polar surface area (TPSA) is 135 Å². The van der Waals surface area contributed by atoms with Gasteiger partial charge in [-0.05, 0) is 6.92 Å². The van der Waals surface area contributed by atoms with Crippen molar-refractivity contribution in [3.05, 3.63) is 32.2 Å². The summed E-state index contributed by atoms with van der Waals surface area (Å²) < 4.78 is 67.4. The largest absolute Gasteiger partial charge is 0.534 e. The third kappa shape index (κ3) is 3.81. The standard InChI is InChI=1S/C10H9F3N2O8S/c1-5-3-6(23-24(20,21)10(11,12)13)8(15(18)19)9(17)14(5)4-7(16)22-2/h3H,4H2,1-2H3. The first-order valence-corrected chi connectivity index (χ1v) is 7.19. The Hall–Kier alpha value is -2.64. The van der Waals surface area contributed by atoms with Crippen LogP contribution in [0.15, 0.2) is 10.9 Å². The first-order valence-electron chi connectivity index (χ1n) is 5.78. The van der Waals surface area contributed by atoms with Crippen molar-refractivity contribution in [3.63, 3.8) is 0 Å². The van der Waals surface area contributed by atoms with E-state index < -0.39 is 50.1 Å². The molecule has 14 heteroatoms. The smallest absolute Gasteiger partial charge is 0.468 e. The number of halogens is 3. The number of carbonyl (C=O) groups excluding carboxylic acids is 1. The first-order chi connectivity index (χ1) is 10.8. The predicted octanol–water partition coefficient (Wildman–Crippen LogP) is 0.466. The summed E-state index contributed by atoms with van der Waals surface area (Å²) in [6.07, 6.45) is 0. The van der Waals surface area contributed by atoms with E-state index in [1.807, 2.05) is 0 Å². The van der Waals surface area contributed by atoms with Gasteiger partial charge in [-0.15, -0.1) is 0 Å². The number of alkyl halides is 3. The Bertz CT molecular complexity index is 843. The van der Waals surface area contributed by atoms with E-state index in [2.05, 4.69) is 8.92 Å². The normalized spacial score (nSPS) is 11.9. The highest BCUT2D eigenvalue weighted by Crippen LogP contribution is 2.31. The Labute approximate surface area is 131 Å². The van der Waals surface area contributed by atoms with Crippen LogP contribution in [0.5, 0.6) is 5.75 Å². The molecule has 0 N–H and O–H groups in total. The SMILES string of the molecule is COC(=O)Cn1c(C)cc(OS(=O)(=O)C(F)(F)F)c([N+](=O)[O-])c1=O. The van der Waals surface area contributed by atoms with Crippen molar-refractivity contribution in [2.45, 2.75) is 19.0 Å². The lowest BCUT2D eigenvalue weighted by molar-refractivity contribution is -0.387. The van der Waals surface area contributed by atoms with E-state index in [4.69, 9.17) is 0 Å². The van der Waals surface area contributed by atoms with Crippen LogP contribution in [0.4, 0.5) is 18.9 Å². The van der Waals surface area contributed by atoms with E-state index in [0.717, 1.165) is 14.0 Å². The summed E-state index contributed by atoms with van der Waals surface area (Å²) >= 11 is 0. The fourth-order valence-corrected chi connectivity index (χ4v) is 1.97. The van der Waals surface area contributed by atoms with Gasteiger partial charge in [0.1, 0.15) is 6.54 Å². The first kappa shape index (κ1) is 19.4. The Morgan fingerprint density at radius 1 is 1.42 bits per heavy atom.